The fourth-order valence-corrected chi connectivity index (χ4v) is 3.49. The van der Waals surface area contributed by atoms with Crippen LogP contribution in [0.2, 0.25) is 5.02 Å². The molecule has 0 aliphatic carbocycles. The van der Waals surface area contributed by atoms with Crippen molar-refractivity contribution in [2.45, 2.75) is 6.92 Å². The van der Waals surface area contributed by atoms with Crippen LogP contribution in [0.25, 0.3) is 11.1 Å². The van der Waals surface area contributed by atoms with Gasteiger partial charge in [-0.25, -0.2) is 0 Å². The predicted octanol–water partition coefficient (Wildman–Crippen LogP) is 4.37. The van der Waals surface area contributed by atoms with Crippen molar-refractivity contribution in [1.82, 2.24) is 9.78 Å². The van der Waals surface area contributed by atoms with Crippen molar-refractivity contribution in [2.75, 3.05) is 11.4 Å². The Hall–Kier alpha value is -3.25. The number of benzene rings is 2. The van der Waals surface area contributed by atoms with Gasteiger partial charge in [0.2, 0.25) is 0 Å². The molecule has 6 nitrogen and oxygen atoms in total. The average molecular weight is 391 g/mol. The summed E-state index contributed by atoms with van der Waals surface area (Å²) in [5.41, 5.74) is 5.36. The highest BCUT2D eigenvalue weighted by atomic mass is 35.5. The molecule has 140 valence electrons. The van der Waals surface area contributed by atoms with Gasteiger partial charge in [-0.2, -0.15) is 5.10 Å². The molecule has 0 saturated heterocycles. The number of anilines is 1. The second-order valence-electron chi connectivity index (χ2n) is 6.67. The number of fused-ring (bicyclic) bond motifs is 1. The molecule has 0 atom stereocenters. The van der Waals surface area contributed by atoms with Crippen LogP contribution < -0.4 is 4.90 Å². The molecule has 0 saturated carbocycles. The van der Waals surface area contributed by atoms with E-state index in [-0.39, 0.29) is 18.2 Å². The van der Waals surface area contributed by atoms with E-state index in [1.165, 1.54) is 0 Å². The highest BCUT2D eigenvalue weighted by molar-refractivity contribution is 6.31. The lowest BCUT2D eigenvalue weighted by atomic mass is 9.96. The van der Waals surface area contributed by atoms with Crippen LogP contribution in [0.3, 0.4) is 0 Å². The molecule has 7 heteroatoms. The summed E-state index contributed by atoms with van der Waals surface area (Å²) in [6.07, 6.45) is 3.78. The Kier molecular flexibility index (Phi) is 4.57. The molecule has 1 aliphatic rings. The van der Waals surface area contributed by atoms with Crippen molar-refractivity contribution in [3.63, 3.8) is 0 Å². The number of aryl methyl sites for hydroxylation is 1. The van der Waals surface area contributed by atoms with Gasteiger partial charge in [0.25, 0.3) is 0 Å². The number of halogens is 1. The summed E-state index contributed by atoms with van der Waals surface area (Å²) in [5.74, 6) is 0.555. The Bertz CT molecular complexity index is 1110. The average Bonchev–Trinajstić information content (AvgIpc) is 3.04. The number of nitrogens with zero attached hydrogens (tertiary/aromatic N) is 4. The second kappa shape index (κ2) is 7.05. The van der Waals surface area contributed by atoms with Gasteiger partial charge in [0.15, 0.2) is 0 Å². The Morgan fingerprint density at radius 2 is 1.79 bits per heavy atom. The van der Waals surface area contributed by atoms with E-state index >= 15 is 0 Å². The zero-order chi connectivity index (χ0) is 19.8. The van der Waals surface area contributed by atoms with Crippen molar-refractivity contribution in [3.8, 4) is 11.1 Å². The highest BCUT2D eigenvalue weighted by Crippen LogP contribution is 2.32. The summed E-state index contributed by atoms with van der Waals surface area (Å²) >= 11 is 6.06. The quantitative estimate of drug-likeness (QED) is 0.503. The second-order valence-corrected chi connectivity index (χ2v) is 7.11. The topological polar surface area (TPSA) is 81.1 Å². The Morgan fingerprint density at radius 1 is 1.07 bits per heavy atom. The third kappa shape index (κ3) is 3.23. The molecule has 2 aromatic carbocycles. The number of aliphatic imine (C=N–C) groups is 1. The SMILES string of the molecule is CC(=N)N1C(=N)CN=C(c2ccc(Cl)cc2)c2cc(-c3cnn(C)c3)ccc21. The third-order valence-electron chi connectivity index (χ3n) is 4.64. The lowest BCUT2D eigenvalue weighted by Gasteiger charge is -2.24. The van der Waals surface area contributed by atoms with Crippen LogP contribution in [0.1, 0.15) is 18.1 Å². The summed E-state index contributed by atoms with van der Waals surface area (Å²) in [4.78, 5) is 6.34. The fraction of sp³-hybridized carbons (Fsp3) is 0.143. The van der Waals surface area contributed by atoms with Gasteiger partial charge in [-0.05, 0) is 36.8 Å². The van der Waals surface area contributed by atoms with Gasteiger partial charge in [0, 0.05) is 35.0 Å². The summed E-state index contributed by atoms with van der Waals surface area (Å²) in [6, 6.07) is 13.5. The summed E-state index contributed by atoms with van der Waals surface area (Å²) in [7, 11) is 1.88. The molecule has 3 aromatic rings. The maximum atomic E-state index is 8.40. The summed E-state index contributed by atoms with van der Waals surface area (Å²) < 4.78 is 1.76. The maximum absolute atomic E-state index is 8.40. The molecule has 1 aromatic heterocycles. The Morgan fingerprint density at radius 3 is 2.43 bits per heavy atom. The third-order valence-corrected chi connectivity index (χ3v) is 4.89. The molecule has 0 radical (unpaired) electrons. The van der Waals surface area contributed by atoms with Gasteiger partial charge >= 0.3 is 0 Å². The molecule has 0 unspecified atom stereocenters. The van der Waals surface area contributed by atoms with Gasteiger partial charge in [-0.3, -0.25) is 25.4 Å². The minimum atomic E-state index is 0.199. The molecule has 1 aliphatic heterocycles. The van der Waals surface area contributed by atoms with Crippen molar-refractivity contribution < 1.29 is 0 Å². The van der Waals surface area contributed by atoms with Crippen LogP contribution in [0, 0.1) is 10.8 Å². The Balaban J connectivity index is 1.94. The number of amidine groups is 2. The van der Waals surface area contributed by atoms with E-state index in [1.54, 1.807) is 16.5 Å². The molecule has 4 rings (SSSR count). The zero-order valence-corrected chi connectivity index (χ0v) is 16.3. The van der Waals surface area contributed by atoms with Crippen LogP contribution in [0.5, 0.6) is 0 Å². The monoisotopic (exact) mass is 390 g/mol. The first-order valence-electron chi connectivity index (χ1n) is 8.80. The number of nitrogens with one attached hydrogen (secondary N) is 2. The minimum absolute atomic E-state index is 0.199. The Labute approximate surface area is 168 Å². The van der Waals surface area contributed by atoms with Crippen molar-refractivity contribution in [2.24, 2.45) is 12.0 Å². The van der Waals surface area contributed by atoms with E-state index in [4.69, 9.17) is 27.4 Å². The lowest BCUT2D eigenvalue weighted by Crippen LogP contribution is -2.35. The zero-order valence-electron chi connectivity index (χ0n) is 15.6. The molecular weight excluding hydrogens is 372 g/mol. The molecule has 0 spiro atoms. The number of hydrogen-bond acceptors (Lipinski definition) is 4. The molecule has 2 N–H and O–H groups in total. The molecule has 2 heterocycles. The first-order chi connectivity index (χ1) is 13.4. The fourth-order valence-electron chi connectivity index (χ4n) is 3.36. The van der Waals surface area contributed by atoms with Crippen molar-refractivity contribution in [3.05, 3.63) is 71.0 Å². The van der Waals surface area contributed by atoms with Crippen LogP contribution in [-0.4, -0.2) is 33.7 Å². The molecule has 0 fully saturated rings. The van der Waals surface area contributed by atoms with E-state index in [1.807, 2.05) is 61.9 Å². The molecule has 0 amide bonds. The number of benzodiazepines with no additional fused rings is 1. The van der Waals surface area contributed by atoms with Gasteiger partial charge < -0.3 is 0 Å². The van der Waals surface area contributed by atoms with E-state index in [0.717, 1.165) is 33.7 Å². The summed E-state index contributed by atoms with van der Waals surface area (Å²) in [6.45, 7) is 1.88. The molecule has 28 heavy (non-hydrogen) atoms. The van der Waals surface area contributed by atoms with Gasteiger partial charge in [-0.15, -0.1) is 0 Å². The summed E-state index contributed by atoms with van der Waals surface area (Å²) in [5, 5.41) is 21.5. The normalized spacial score (nSPS) is 13.8. The number of aromatic nitrogens is 2. The van der Waals surface area contributed by atoms with Crippen LogP contribution in [0.15, 0.2) is 59.9 Å². The standard InChI is InChI=1S/C21H19ClN6/c1-13(23)28-19-8-5-15(16-10-26-27(2)12-16)9-18(19)21(25-11-20(28)24)14-3-6-17(22)7-4-14/h3-10,12,23-24H,11H2,1-2H3. The van der Waals surface area contributed by atoms with E-state index < -0.39 is 0 Å². The first kappa shape index (κ1) is 18.1. The molecular formula is C21H19ClN6. The van der Waals surface area contributed by atoms with Crippen LogP contribution in [-0.2, 0) is 7.05 Å². The smallest absolute Gasteiger partial charge is 0.128 e. The van der Waals surface area contributed by atoms with Crippen molar-refractivity contribution in [1.29, 1.82) is 10.8 Å². The first-order valence-corrected chi connectivity index (χ1v) is 9.18. The van der Waals surface area contributed by atoms with Gasteiger partial charge in [0.1, 0.15) is 11.7 Å². The van der Waals surface area contributed by atoms with Gasteiger partial charge in [-0.1, -0.05) is 29.8 Å². The molecule has 0 bridgehead atoms. The van der Waals surface area contributed by atoms with E-state index in [2.05, 4.69) is 5.10 Å². The highest BCUT2D eigenvalue weighted by Gasteiger charge is 2.25. The number of rotatable bonds is 2. The largest absolute Gasteiger partial charge is 0.288 e. The predicted molar refractivity (Wildman–Crippen MR) is 114 cm³/mol. The van der Waals surface area contributed by atoms with Crippen LogP contribution in [0.4, 0.5) is 5.69 Å². The maximum Gasteiger partial charge on any atom is 0.128 e. The van der Waals surface area contributed by atoms with E-state index in [0.29, 0.717) is 5.02 Å². The van der Waals surface area contributed by atoms with Crippen molar-refractivity contribution >= 4 is 34.7 Å². The van der Waals surface area contributed by atoms with Crippen LogP contribution >= 0.6 is 11.6 Å². The number of hydrogen-bond donors (Lipinski definition) is 2. The lowest BCUT2D eigenvalue weighted by molar-refractivity contribution is 0.768. The van der Waals surface area contributed by atoms with E-state index in [9.17, 15) is 0 Å². The minimum Gasteiger partial charge on any atom is -0.288 e. The van der Waals surface area contributed by atoms with Gasteiger partial charge in [0.05, 0.1) is 24.1 Å².